The first-order valence-corrected chi connectivity index (χ1v) is 9.03. The lowest BCUT2D eigenvalue weighted by atomic mass is 10.1. The number of thiazole rings is 1. The summed E-state index contributed by atoms with van der Waals surface area (Å²) in [5, 5.41) is 4.47. The van der Waals surface area contributed by atoms with E-state index < -0.39 is 0 Å². The smallest absolute Gasteiger partial charge is 0.223 e. The number of aromatic nitrogens is 3. The Morgan fingerprint density at radius 2 is 2.09 bits per heavy atom. The molecule has 0 aliphatic heterocycles. The Hall–Kier alpha value is -1.69. The van der Waals surface area contributed by atoms with Gasteiger partial charge in [-0.25, -0.2) is 4.98 Å². The highest BCUT2D eigenvalue weighted by Crippen LogP contribution is 2.30. The molecule has 2 aromatic rings. The fourth-order valence-electron chi connectivity index (χ4n) is 2.95. The Balaban J connectivity index is 1.69. The molecule has 0 unspecified atom stereocenters. The molecule has 1 aliphatic rings. The molecular formula is C17H24N4OS. The van der Waals surface area contributed by atoms with Crippen LogP contribution in [0.25, 0.3) is 0 Å². The number of aryl methyl sites for hydroxylation is 4. The van der Waals surface area contributed by atoms with Crippen LogP contribution in [0.4, 0.5) is 0 Å². The van der Waals surface area contributed by atoms with Gasteiger partial charge in [0.15, 0.2) is 0 Å². The van der Waals surface area contributed by atoms with Gasteiger partial charge in [0.25, 0.3) is 0 Å². The molecule has 1 aliphatic carbocycles. The molecule has 1 amide bonds. The van der Waals surface area contributed by atoms with Crippen molar-refractivity contribution in [3.05, 3.63) is 33.0 Å². The van der Waals surface area contributed by atoms with Gasteiger partial charge in [-0.2, -0.15) is 5.10 Å². The van der Waals surface area contributed by atoms with Gasteiger partial charge >= 0.3 is 0 Å². The lowest BCUT2D eigenvalue weighted by Crippen LogP contribution is -2.33. The Morgan fingerprint density at radius 3 is 2.61 bits per heavy atom. The van der Waals surface area contributed by atoms with Crippen LogP contribution in [0.2, 0.25) is 0 Å². The molecule has 2 heterocycles. The summed E-state index contributed by atoms with van der Waals surface area (Å²) in [6, 6.07) is 0.420. The van der Waals surface area contributed by atoms with E-state index in [-0.39, 0.29) is 5.91 Å². The summed E-state index contributed by atoms with van der Waals surface area (Å²) in [6.45, 7) is 6.80. The highest BCUT2D eigenvalue weighted by molar-refractivity contribution is 7.09. The number of rotatable bonds is 6. The van der Waals surface area contributed by atoms with Gasteiger partial charge in [0.2, 0.25) is 5.91 Å². The number of hydrogen-bond acceptors (Lipinski definition) is 4. The topological polar surface area (TPSA) is 51.0 Å². The third-order valence-electron chi connectivity index (χ3n) is 4.71. The molecule has 2 aromatic heterocycles. The molecule has 23 heavy (non-hydrogen) atoms. The zero-order chi connectivity index (χ0) is 16.6. The minimum atomic E-state index is 0.253. The van der Waals surface area contributed by atoms with E-state index in [1.165, 1.54) is 10.4 Å². The first kappa shape index (κ1) is 16.2. The van der Waals surface area contributed by atoms with Crippen molar-refractivity contribution in [2.24, 2.45) is 7.05 Å². The first-order chi connectivity index (χ1) is 11.0. The molecule has 1 saturated carbocycles. The average molecular weight is 332 g/mol. The Labute approximate surface area is 141 Å². The maximum atomic E-state index is 12.7. The number of carbonyl (C=O) groups excluding carboxylic acids is 1. The van der Waals surface area contributed by atoms with Crippen molar-refractivity contribution in [1.29, 1.82) is 0 Å². The van der Waals surface area contributed by atoms with Gasteiger partial charge in [-0.05, 0) is 40.0 Å². The third-order valence-corrected chi connectivity index (χ3v) is 5.70. The molecule has 124 valence electrons. The molecule has 5 nitrogen and oxygen atoms in total. The molecule has 1 fully saturated rings. The molecule has 3 rings (SSSR count). The van der Waals surface area contributed by atoms with Crippen LogP contribution in [-0.2, 0) is 24.8 Å². The summed E-state index contributed by atoms with van der Waals surface area (Å²) in [5.74, 6) is 0.253. The van der Waals surface area contributed by atoms with E-state index in [0.29, 0.717) is 19.0 Å². The number of amides is 1. The molecule has 0 saturated heterocycles. The molecule has 6 heteroatoms. The van der Waals surface area contributed by atoms with Gasteiger partial charge in [0.05, 0.1) is 16.9 Å². The Morgan fingerprint density at radius 1 is 1.35 bits per heavy atom. The summed E-state index contributed by atoms with van der Waals surface area (Å²) < 4.78 is 1.90. The minimum Gasteiger partial charge on any atom is -0.335 e. The molecular weight excluding hydrogens is 308 g/mol. The fraction of sp³-hybridized carbons (Fsp3) is 0.588. The average Bonchev–Trinajstić information content (AvgIpc) is 3.22. The largest absolute Gasteiger partial charge is 0.335 e. The van der Waals surface area contributed by atoms with E-state index in [2.05, 4.69) is 21.9 Å². The van der Waals surface area contributed by atoms with Gasteiger partial charge in [-0.15, -0.1) is 11.3 Å². The zero-order valence-electron chi connectivity index (χ0n) is 14.3. The van der Waals surface area contributed by atoms with E-state index in [0.717, 1.165) is 36.3 Å². The van der Waals surface area contributed by atoms with Crippen LogP contribution in [0.15, 0.2) is 5.51 Å². The van der Waals surface area contributed by atoms with Crippen LogP contribution in [0, 0.1) is 20.8 Å². The van der Waals surface area contributed by atoms with E-state index in [4.69, 9.17) is 0 Å². The Bertz CT molecular complexity index is 714. The van der Waals surface area contributed by atoms with Crippen molar-refractivity contribution in [2.75, 3.05) is 0 Å². The molecule has 0 aromatic carbocycles. The first-order valence-electron chi connectivity index (χ1n) is 8.15. The summed E-state index contributed by atoms with van der Waals surface area (Å²) in [6.07, 6.45) is 3.62. The summed E-state index contributed by atoms with van der Waals surface area (Å²) >= 11 is 1.64. The van der Waals surface area contributed by atoms with E-state index >= 15 is 0 Å². The van der Waals surface area contributed by atoms with Gasteiger partial charge < -0.3 is 4.90 Å². The summed E-state index contributed by atoms with van der Waals surface area (Å²) in [4.78, 5) is 20.3. The lowest BCUT2D eigenvalue weighted by Gasteiger charge is -2.23. The predicted octanol–water partition coefficient (Wildman–Crippen LogP) is 2.93. The minimum absolute atomic E-state index is 0.253. The van der Waals surface area contributed by atoms with Crippen molar-refractivity contribution >= 4 is 17.2 Å². The maximum Gasteiger partial charge on any atom is 0.223 e. The molecule has 0 radical (unpaired) electrons. The molecule has 0 spiro atoms. The zero-order valence-corrected chi connectivity index (χ0v) is 15.1. The van der Waals surface area contributed by atoms with Crippen LogP contribution in [-0.4, -0.2) is 31.6 Å². The lowest BCUT2D eigenvalue weighted by molar-refractivity contribution is -0.132. The van der Waals surface area contributed by atoms with Gasteiger partial charge in [-0.1, -0.05) is 0 Å². The van der Waals surface area contributed by atoms with Crippen molar-refractivity contribution in [1.82, 2.24) is 19.7 Å². The number of carbonyl (C=O) groups is 1. The fourth-order valence-corrected chi connectivity index (χ4v) is 3.74. The van der Waals surface area contributed by atoms with Crippen molar-refractivity contribution in [3.63, 3.8) is 0 Å². The van der Waals surface area contributed by atoms with Crippen molar-refractivity contribution in [3.8, 4) is 0 Å². The standard InChI is InChI=1S/C17H24N4OS/c1-11-15(13(3)20(4)19-11)9-21(14-5-6-14)17(22)8-7-16-12(2)18-10-23-16/h10,14H,5-9H2,1-4H3. The second kappa shape index (κ2) is 6.43. The highest BCUT2D eigenvalue weighted by Gasteiger charge is 2.33. The van der Waals surface area contributed by atoms with Gasteiger partial charge in [0, 0.05) is 42.2 Å². The Kier molecular flexibility index (Phi) is 4.53. The van der Waals surface area contributed by atoms with Gasteiger partial charge in [0.1, 0.15) is 0 Å². The molecule has 0 atom stereocenters. The molecule has 0 N–H and O–H groups in total. The van der Waals surface area contributed by atoms with Crippen LogP contribution >= 0.6 is 11.3 Å². The van der Waals surface area contributed by atoms with E-state index in [1.807, 2.05) is 31.1 Å². The van der Waals surface area contributed by atoms with Crippen LogP contribution in [0.1, 0.15) is 46.8 Å². The summed E-state index contributed by atoms with van der Waals surface area (Å²) in [7, 11) is 1.96. The second-order valence-corrected chi connectivity index (χ2v) is 7.33. The van der Waals surface area contributed by atoms with Crippen LogP contribution < -0.4 is 0 Å². The third kappa shape index (κ3) is 3.47. The summed E-state index contributed by atoms with van der Waals surface area (Å²) in [5.41, 5.74) is 6.29. The predicted molar refractivity (Wildman–Crippen MR) is 91.4 cm³/mol. The van der Waals surface area contributed by atoms with Crippen LogP contribution in [0.3, 0.4) is 0 Å². The number of hydrogen-bond donors (Lipinski definition) is 0. The SMILES string of the molecule is Cc1ncsc1CCC(=O)N(Cc1c(C)nn(C)c1C)C1CC1. The van der Waals surface area contributed by atoms with Crippen molar-refractivity contribution < 1.29 is 4.79 Å². The quantitative estimate of drug-likeness (QED) is 0.817. The normalized spacial score (nSPS) is 14.3. The van der Waals surface area contributed by atoms with Gasteiger partial charge in [-0.3, -0.25) is 9.48 Å². The van der Waals surface area contributed by atoms with E-state index in [1.54, 1.807) is 11.3 Å². The molecule has 0 bridgehead atoms. The van der Waals surface area contributed by atoms with Crippen molar-refractivity contribution in [2.45, 2.75) is 59.0 Å². The second-order valence-electron chi connectivity index (χ2n) is 6.39. The van der Waals surface area contributed by atoms with E-state index in [9.17, 15) is 4.79 Å². The highest BCUT2D eigenvalue weighted by atomic mass is 32.1. The van der Waals surface area contributed by atoms with Crippen LogP contribution in [0.5, 0.6) is 0 Å². The maximum absolute atomic E-state index is 12.7. The monoisotopic (exact) mass is 332 g/mol. The number of nitrogens with zero attached hydrogens (tertiary/aromatic N) is 4.